The third kappa shape index (κ3) is 12.3. The number of aromatic nitrogens is 1. The van der Waals surface area contributed by atoms with Gasteiger partial charge in [0, 0.05) is 49.9 Å². The minimum Gasteiger partial charge on any atom is -0.512 e. The predicted molar refractivity (Wildman–Crippen MR) is 206 cm³/mol. The van der Waals surface area contributed by atoms with Gasteiger partial charge in [0.25, 0.3) is 0 Å². The van der Waals surface area contributed by atoms with Crippen molar-refractivity contribution in [3.8, 4) is 22.4 Å². The van der Waals surface area contributed by atoms with Crippen LogP contribution in [0.4, 0.5) is 12.3 Å². The standard InChI is InChI=1S/C30H31F3NSi.C13H24O2.Ir/c1-29(2,3)18-20-11-13-21(14-12-20)25-17-27(34-19-28(25)35(31,32)33)23-15-22-9-7-8-10-24(22)26(16-23)30(4,5)6;1-5-10(6-2)12(14)9-13(15)11(7-3)8-4;/h7-14,16-17,19H,18H2,1-6H3;9-11,14H,5-8H2,1-4H3;/q-1;;/b;12-9-;. The first-order chi connectivity index (χ1) is 23.3. The molecule has 0 aliphatic heterocycles. The van der Waals surface area contributed by atoms with Gasteiger partial charge in [-0.2, -0.15) is 0 Å². The summed E-state index contributed by atoms with van der Waals surface area (Å²) in [6.45, 7) is 20.9. The van der Waals surface area contributed by atoms with E-state index in [0.717, 1.165) is 60.2 Å². The molecule has 4 rings (SSSR count). The maximum atomic E-state index is 14.1. The Bertz CT molecular complexity index is 1760. The molecule has 8 heteroatoms. The number of ketones is 1. The molecule has 51 heavy (non-hydrogen) atoms. The number of halogens is 3. The number of hydrogen-bond acceptors (Lipinski definition) is 3. The molecule has 3 nitrogen and oxygen atoms in total. The van der Waals surface area contributed by atoms with Gasteiger partial charge in [0.15, 0.2) is 5.78 Å². The molecule has 4 aromatic rings. The van der Waals surface area contributed by atoms with Crippen LogP contribution in [0.2, 0.25) is 0 Å². The van der Waals surface area contributed by atoms with Crippen molar-refractivity contribution in [1.29, 1.82) is 0 Å². The molecular formula is C43H55F3IrNO2Si-. The smallest absolute Gasteiger partial charge is 0.512 e. The number of benzene rings is 3. The number of aliphatic hydroxyl groups excluding tert-OH is 1. The molecule has 0 aliphatic carbocycles. The van der Waals surface area contributed by atoms with Crippen LogP contribution < -0.4 is 5.19 Å². The van der Waals surface area contributed by atoms with Crippen LogP contribution >= 0.6 is 0 Å². The molecule has 0 unspecified atom stereocenters. The van der Waals surface area contributed by atoms with Gasteiger partial charge in [-0.3, -0.25) is 9.78 Å². The van der Waals surface area contributed by atoms with E-state index in [4.69, 9.17) is 0 Å². The van der Waals surface area contributed by atoms with Crippen molar-refractivity contribution < 1.29 is 42.3 Å². The second-order valence-electron chi connectivity index (χ2n) is 15.4. The van der Waals surface area contributed by atoms with Crippen molar-refractivity contribution in [2.24, 2.45) is 17.3 Å². The zero-order chi connectivity index (χ0) is 37.4. The molecular weight excluding hydrogens is 840 g/mol. The second-order valence-corrected chi connectivity index (χ2v) is 17.0. The van der Waals surface area contributed by atoms with Crippen LogP contribution in [0, 0.1) is 23.3 Å². The molecule has 1 heterocycles. The second kappa shape index (κ2) is 18.6. The summed E-state index contributed by atoms with van der Waals surface area (Å²) in [6, 6.07) is 22.5. The molecule has 1 radical (unpaired) electrons. The number of carbonyl (C=O) groups excluding carboxylic acids is 1. The van der Waals surface area contributed by atoms with Crippen LogP contribution in [-0.2, 0) is 36.7 Å². The van der Waals surface area contributed by atoms with E-state index < -0.39 is 14.3 Å². The van der Waals surface area contributed by atoms with Crippen molar-refractivity contribution in [2.75, 3.05) is 0 Å². The normalized spacial score (nSPS) is 12.5. The van der Waals surface area contributed by atoms with Gasteiger partial charge < -0.3 is 5.11 Å². The fourth-order valence-corrected chi connectivity index (χ4v) is 6.98. The fraction of sp³-hybridized carbons (Fsp3) is 0.442. The van der Waals surface area contributed by atoms with E-state index in [2.05, 4.69) is 58.7 Å². The summed E-state index contributed by atoms with van der Waals surface area (Å²) in [7, 11) is -6.09. The molecule has 0 atom stereocenters. The number of allylic oxidation sites excluding steroid dienone is 2. The molecule has 0 saturated heterocycles. The largest absolute Gasteiger partial charge is 0.655 e. The molecule has 1 aromatic heterocycles. The summed E-state index contributed by atoms with van der Waals surface area (Å²) in [5.41, 5.74) is 4.13. The Hall–Kier alpha value is -3.06. The number of carbonyl (C=O) groups is 1. The van der Waals surface area contributed by atoms with E-state index in [0.29, 0.717) is 16.8 Å². The molecule has 279 valence electrons. The van der Waals surface area contributed by atoms with Crippen molar-refractivity contribution >= 4 is 30.8 Å². The minimum atomic E-state index is -6.09. The van der Waals surface area contributed by atoms with Crippen molar-refractivity contribution in [3.05, 3.63) is 95.9 Å². The van der Waals surface area contributed by atoms with E-state index in [1.165, 1.54) is 6.08 Å². The molecule has 0 spiro atoms. The molecule has 1 N–H and O–H groups in total. The number of aliphatic hydroxyl groups is 1. The topological polar surface area (TPSA) is 50.2 Å². The number of fused-ring (bicyclic) bond motifs is 1. The van der Waals surface area contributed by atoms with Crippen LogP contribution in [0.5, 0.6) is 0 Å². The molecule has 0 amide bonds. The number of rotatable bonds is 11. The van der Waals surface area contributed by atoms with E-state index in [1.807, 2.05) is 64.1 Å². The SMILES string of the molecule is CC(C)(C)Cc1ccc(-c2cc(-c3[c-]c4ccccc4c(C(C)(C)C)c3)ncc2[Si](F)(F)F)cc1.CCC(CC)C(=O)/C=C(\O)C(CC)CC.[Ir]. The maximum Gasteiger partial charge on any atom is 0.655 e. The van der Waals surface area contributed by atoms with Crippen LogP contribution in [0.25, 0.3) is 33.2 Å². The van der Waals surface area contributed by atoms with Crippen molar-refractivity contribution in [1.82, 2.24) is 4.98 Å². The first-order valence-electron chi connectivity index (χ1n) is 17.9. The molecule has 0 fully saturated rings. The van der Waals surface area contributed by atoms with Gasteiger partial charge in [-0.25, -0.2) is 12.3 Å². The summed E-state index contributed by atoms with van der Waals surface area (Å²) in [5, 5.41) is 11.2. The Labute approximate surface area is 319 Å². The molecule has 3 aromatic carbocycles. The Kier molecular flexibility index (Phi) is 16.1. The Balaban J connectivity index is 0.000000479. The van der Waals surface area contributed by atoms with Crippen LogP contribution in [-0.4, -0.2) is 24.9 Å². The Morgan fingerprint density at radius 3 is 1.94 bits per heavy atom. The molecule has 0 saturated carbocycles. The van der Waals surface area contributed by atoms with Crippen LogP contribution in [0.15, 0.2) is 78.7 Å². The van der Waals surface area contributed by atoms with Crippen molar-refractivity contribution in [2.45, 2.75) is 107 Å². The van der Waals surface area contributed by atoms with Crippen LogP contribution in [0.1, 0.15) is 106 Å². The number of pyridine rings is 1. The van der Waals surface area contributed by atoms with Crippen molar-refractivity contribution in [3.63, 3.8) is 0 Å². The summed E-state index contributed by atoms with van der Waals surface area (Å²) in [5.74, 6) is 0.547. The van der Waals surface area contributed by atoms with Gasteiger partial charge in [-0.15, -0.1) is 29.1 Å². The number of hydrogen-bond donors (Lipinski definition) is 1. The average molecular weight is 895 g/mol. The van der Waals surface area contributed by atoms with Crippen LogP contribution in [0.3, 0.4) is 0 Å². The van der Waals surface area contributed by atoms with E-state index in [9.17, 15) is 22.2 Å². The summed E-state index contributed by atoms with van der Waals surface area (Å²) >= 11 is 0. The minimum absolute atomic E-state index is 0. The molecule has 0 bridgehead atoms. The van der Waals surface area contributed by atoms with Gasteiger partial charge in [0.1, 0.15) is 0 Å². The monoisotopic (exact) mass is 895 g/mol. The third-order valence-corrected chi connectivity index (χ3v) is 10.2. The average Bonchev–Trinajstić information content (AvgIpc) is 3.04. The fourth-order valence-electron chi connectivity index (χ4n) is 6.25. The van der Waals surface area contributed by atoms with Gasteiger partial charge in [-0.05, 0) is 59.6 Å². The van der Waals surface area contributed by atoms with Gasteiger partial charge in [0.05, 0.1) is 10.9 Å². The zero-order valence-corrected chi connectivity index (χ0v) is 35.3. The Morgan fingerprint density at radius 2 is 1.43 bits per heavy atom. The third-order valence-electron chi connectivity index (χ3n) is 9.15. The van der Waals surface area contributed by atoms with E-state index >= 15 is 0 Å². The van der Waals surface area contributed by atoms with Gasteiger partial charge in [-0.1, -0.05) is 129 Å². The maximum absolute atomic E-state index is 14.1. The summed E-state index contributed by atoms with van der Waals surface area (Å²) < 4.78 is 42.3. The van der Waals surface area contributed by atoms with E-state index in [-0.39, 0.29) is 59.9 Å². The zero-order valence-electron chi connectivity index (χ0n) is 31.9. The number of nitrogens with zero attached hydrogens (tertiary/aromatic N) is 1. The first kappa shape index (κ1) is 44.1. The Morgan fingerprint density at radius 1 is 0.863 bits per heavy atom. The molecule has 0 aliphatic rings. The first-order valence-corrected chi connectivity index (χ1v) is 19.5. The van der Waals surface area contributed by atoms with Gasteiger partial charge in [0.2, 0.25) is 0 Å². The quantitative estimate of drug-likeness (QED) is 0.0536. The summed E-state index contributed by atoms with van der Waals surface area (Å²) in [6.07, 6.45) is 6.78. The van der Waals surface area contributed by atoms with Gasteiger partial charge >= 0.3 is 9.08 Å². The van der Waals surface area contributed by atoms with E-state index in [1.54, 1.807) is 18.2 Å². The summed E-state index contributed by atoms with van der Waals surface area (Å²) in [4.78, 5) is 16.0. The predicted octanol–water partition coefficient (Wildman–Crippen LogP) is 12.2.